The van der Waals surface area contributed by atoms with Gasteiger partial charge in [0, 0.05) is 51.4 Å². The SMILES string of the molecule is O=C(Cc1ccc(F)cc1F)N1CCN(c2cnnc(N3CCOCC3)c2)CC1. The summed E-state index contributed by atoms with van der Waals surface area (Å²) in [5, 5.41) is 8.36. The van der Waals surface area contributed by atoms with Crippen LogP contribution in [0, 0.1) is 11.6 Å². The number of morpholine rings is 1. The molecule has 2 aliphatic heterocycles. The molecule has 0 unspecified atom stereocenters. The molecule has 0 saturated carbocycles. The Labute approximate surface area is 167 Å². The van der Waals surface area contributed by atoms with E-state index in [2.05, 4.69) is 20.0 Å². The van der Waals surface area contributed by atoms with E-state index in [0.29, 0.717) is 39.4 Å². The molecule has 0 spiro atoms. The summed E-state index contributed by atoms with van der Waals surface area (Å²) in [4.78, 5) is 18.6. The molecule has 9 heteroatoms. The number of halogens is 2. The molecule has 2 aromatic rings. The molecule has 0 aliphatic carbocycles. The Bertz CT molecular complexity index is 868. The average molecular weight is 403 g/mol. The second-order valence-corrected chi connectivity index (χ2v) is 7.15. The Morgan fingerprint density at radius 3 is 2.48 bits per heavy atom. The van der Waals surface area contributed by atoms with Crippen molar-refractivity contribution >= 4 is 17.4 Å². The lowest BCUT2D eigenvalue weighted by Crippen LogP contribution is -2.49. The number of hydrogen-bond acceptors (Lipinski definition) is 6. The lowest BCUT2D eigenvalue weighted by atomic mass is 10.1. The third-order valence-corrected chi connectivity index (χ3v) is 5.32. The lowest BCUT2D eigenvalue weighted by Gasteiger charge is -2.36. The second-order valence-electron chi connectivity index (χ2n) is 7.15. The summed E-state index contributed by atoms with van der Waals surface area (Å²) in [6, 6.07) is 5.33. The third kappa shape index (κ3) is 4.61. The van der Waals surface area contributed by atoms with Gasteiger partial charge in [-0.15, -0.1) is 5.10 Å². The van der Waals surface area contributed by atoms with Crippen LogP contribution in [0.3, 0.4) is 0 Å². The largest absolute Gasteiger partial charge is 0.378 e. The van der Waals surface area contributed by atoms with Crippen molar-refractivity contribution in [2.75, 3.05) is 62.3 Å². The van der Waals surface area contributed by atoms with E-state index in [1.165, 1.54) is 12.1 Å². The van der Waals surface area contributed by atoms with Crippen molar-refractivity contribution < 1.29 is 18.3 Å². The Balaban J connectivity index is 1.35. The number of carbonyl (C=O) groups excluding carboxylic acids is 1. The summed E-state index contributed by atoms with van der Waals surface area (Å²) >= 11 is 0. The predicted molar refractivity (Wildman–Crippen MR) is 104 cm³/mol. The number of aromatic nitrogens is 2. The summed E-state index contributed by atoms with van der Waals surface area (Å²) in [5.74, 6) is -0.654. The van der Waals surface area contributed by atoms with Crippen molar-refractivity contribution in [1.82, 2.24) is 15.1 Å². The van der Waals surface area contributed by atoms with Crippen LogP contribution in [-0.2, 0) is 16.0 Å². The summed E-state index contributed by atoms with van der Waals surface area (Å²) in [6.45, 7) is 5.34. The number of amides is 1. The van der Waals surface area contributed by atoms with Gasteiger partial charge in [-0.2, -0.15) is 5.10 Å². The number of rotatable bonds is 4. The minimum absolute atomic E-state index is 0.0654. The fraction of sp³-hybridized carbons (Fsp3) is 0.450. The van der Waals surface area contributed by atoms with E-state index < -0.39 is 11.6 Å². The molecule has 4 rings (SSSR count). The molecular weight excluding hydrogens is 380 g/mol. The van der Waals surface area contributed by atoms with Gasteiger partial charge in [0.15, 0.2) is 5.82 Å². The highest BCUT2D eigenvalue weighted by Gasteiger charge is 2.23. The zero-order valence-corrected chi connectivity index (χ0v) is 16.1. The molecule has 0 N–H and O–H groups in total. The Kier molecular flexibility index (Phi) is 5.84. The minimum atomic E-state index is -0.685. The van der Waals surface area contributed by atoms with E-state index in [0.717, 1.165) is 30.7 Å². The van der Waals surface area contributed by atoms with E-state index in [4.69, 9.17) is 4.74 Å². The second kappa shape index (κ2) is 8.69. The molecule has 0 radical (unpaired) electrons. The van der Waals surface area contributed by atoms with Crippen molar-refractivity contribution in [2.24, 2.45) is 0 Å². The maximum absolute atomic E-state index is 13.8. The van der Waals surface area contributed by atoms with Gasteiger partial charge in [-0.3, -0.25) is 4.79 Å². The third-order valence-electron chi connectivity index (χ3n) is 5.32. The van der Waals surface area contributed by atoms with E-state index in [1.54, 1.807) is 11.1 Å². The van der Waals surface area contributed by atoms with Crippen LogP contribution in [0.15, 0.2) is 30.5 Å². The zero-order valence-electron chi connectivity index (χ0n) is 16.1. The predicted octanol–water partition coefficient (Wildman–Crippen LogP) is 1.48. The molecule has 0 bridgehead atoms. The van der Waals surface area contributed by atoms with Crippen LogP contribution in [0.1, 0.15) is 5.56 Å². The molecule has 2 aliphatic rings. The van der Waals surface area contributed by atoms with Crippen molar-refractivity contribution in [1.29, 1.82) is 0 Å². The number of nitrogens with zero attached hydrogens (tertiary/aromatic N) is 5. The number of anilines is 2. The van der Waals surface area contributed by atoms with Crippen LogP contribution in [0.5, 0.6) is 0 Å². The van der Waals surface area contributed by atoms with Gasteiger partial charge in [-0.1, -0.05) is 6.07 Å². The number of ether oxygens (including phenoxy) is 1. The normalized spacial score (nSPS) is 17.5. The smallest absolute Gasteiger partial charge is 0.227 e. The molecule has 3 heterocycles. The molecule has 0 atom stereocenters. The van der Waals surface area contributed by atoms with E-state index in [9.17, 15) is 13.6 Å². The number of benzene rings is 1. The number of piperazine rings is 1. The Hall–Kier alpha value is -2.81. The molecule has 154 valence electrons. The fourth-order valence-corrected chi connectivity index (χ4v) is 3.62. The zero-order chi connectivity index (χ0) is 20.2. The number of carbonyl (C=O) groups is 1. The Morgan fingerprint density at radius 2 is 1.76 bits per heavy atom. The summed E-state index contributed by atoms with van der Waals surface area (Å²) < 4.78 is 32.2. The molecule has 2 fully saturated rings. The van der Waals surface area contributed by atoms with Crippen LogP contribution in [-0.4, -0.2) is 73.5 Å². The number of hydrogen-bond donors (Lipinski definition) is 0. The first kappa shape index (κ1) is 19.5. The summed E-state index contributed by atoms with van der Waals surface area (Å²) in [5.41, 5.74) is 1.19. The van der Waals surface area contributed by atoms with Gasteiger partial charge in [-0.25, -0.2) is 8.78 Å². The highest BCUT2D eigenvalue weighted by Crippen LogP contribution is 2.21. The molecule has 1 amide bonds. The van der Waals surface area contributed by atoms with Crippen LogP contribution in [0.25, 0.3) is 0 Å². The van der Waals surface area contributed by atoms with Gasteiger partial charge in [0.05, 0.1) is 31.5 Å². The molecular formula is C20H23F2N5O2. The highest BCUT2D eigenvalue weighted by atomic mass is 19.1. The van der Waals surface area contributed by atoms with E-state index in [-0.39, 0.29) is 17.9 Å². The maximum atomic E-state index is 13.8. The molecule has 29 heavy (non-hydrogen) atoms. The first-order chi connectivity index (χ1) is 14.1. The summed E-state index contributed by atoms with van der Waals surface area (Å²) in [7, 11) is 0. The fourth-order valence-electron chi connectivity index (χ4n) is 3.62. The molecule has 1 aromatic heterocycles. The van der Waals surface area contributed by atoms with Crippen LogP contribution < -0.4 is 9.80 Å². The van der Waals surface area contributed by atoms with Crippen LogP contribution >= 0.6 is 0 Å². The molecule has 1 aromatic carbocycles. The van der Waals surface area contributed by atoms with Gasteiger partial charge in [0.25, 0.3) is 0 Å². The Morgan fingerprint density at radius 1 is 1.00 bits per heavy atom. The molecule has 7 nitrogen and oxygen atoms in total. The van der Waals surface area contributed by atoms with Gasteiger partial charge >= 0.3 is 0 Å². The average Bonchev–Trinajstić information content (AvgIpc) is 2.76. The topological polar surface area (TPSA) is 61.8 Å². The van der Waals surface area contributed by atoms with Gasteiger partial charge in [0.2, 0.25) is 5.91 Å². The van der Waals surface area contributed by atoms with Gasteiger partial charge in [-0.05, 0) is 11.6 Å². The van der Waals surface area contributed by atoms with Crippen LogP contribution in [0.2, 0.25) is 0 Å². The first-order valence-corrected chi connectivity index (χ1v) is 9.72. The van der Waals surface area contributed by atoms with Crippen LogP contribution in [0.4, 0.5) is 20.3 Å². The monoisotopic (exact) mass is 403 g/mol. The van der Waals surface area contributed by atoms with Crippen molar-refractivity contribution in [3.05, 3.63) is 47.7 Å². The summed E-state index contributed by atoms with van der Waals surface area (Å²) in [6.07, 6.45) is 1.67. The minimum Gasteiger partial charge on any atom is -0.378 e. The maximum Gasteiger partial charge on any atom is 0.227 e. The van der Waals surface area contributed by atoms with Crippen molar-refractivity contribution in [3.8, 4) is 0 Å². The van der Waals surface area contributed by atoms with Gasteiger partial charge < -0.3 is 19.4 Å². The highest BCUT2D eigenvalue weighted by molar-refractivity contribution is 5.79. The first-order valence-electron chi connectivity index (χ1n) is 9.72. The van der Waals surface area contributed by atoms with Crippen molar-refractivity contribution in [2.45, 2.75) is 6.42 Å². The molecule has 2 saturated heterocycles. The van der Waals surface area contributed by atoms with E-state index >= 15 is 0 Å². The van der Waals surface area contributed by atoms with Crippen molar-refractivity contribution in [3.63, 3.8) is 0 Å². The van der Waals surface area contributed by atoms with E-state index in [1.807, 2.05) is 6.07 Å². The lowest BCUT2D eigenvalue weighted by molar-refractivity contribution is -0.130. The van der Waals surface area contributed by atoms with Gasteiger partial charge in [0.1, 0.15) is 11.6 Å². The standard InChI is InChI=1S/C20H23F2N5O2/c21-16-2-1-15(18(22)12-16)11-20(28)27-5-3-25(4-6-27)17-13-19(24-23-14-17)26-7-9-29-10-8-26/h1-2,12-14H,3-11H2. The quantitative estimate of drug-likeness (QED) is 0.771.